The zero-order chi connectivity index (χ0) is 14.7. The molecule has 1 N–H and O–H groups in total. The third kappa shape index (κ3) is 3.09. The fourth-order valence-corrected chi connectivity index (χ4v) is 2.71. The van der Waals surface area contributed by atoms with Crippen LogP contribution in [-0.4, -0.2) is 48.3 Å². The Morgan fingerprint density at radius 3 is 2.85 bits per heavy atom. The Balaban J connectivity index is 2.14. The van der Waals surface area contributed by atoms with Crippen molar-refractivity contribution in [3.05, 3.63) is 29.6 Å². The Morgan fingerprint density at radius 1 is 1.50 bits per heavy atom. The highest BCUT2D eigenvalue weighted by Crippen LogP contribution is 2.25. The van der Waals surface area contributed by atoms with Crippen LogP contribution in [0, 0.1) is 17.1 Å². The maximum Gasteiger partial charge on any atom is 0.143 e. The lowest BCUT2D eigenvalue weighted by Crippen LogP contribution is -2.53. The molecule has 0 amide bonds. The van der Waals surface area contributed by atoms with E-state index in [4.69, 9.17) is 5.26 Å². The van der Waals surface area contributed by atoms with Crippen molar-refractivity contribution in [2.24, 2.45) is 0 Å². The van der Waals surface area contributed by atoms with Gasteiger partial charge in [0, 0.05) is 32.2 Å². The molecule has 20 heavy (non-hydrogen) atoms. The zero-order valence-corrected chi connectivity index (χ0v) is 11.9. The first kappa shape index (κ1) is 14.8. The lowest BCUT2D eigenvalue weighted by Gasteiger charge is -2.41. The van der Waals surface area contributed by atoms with Gasteiger partial charge in [-0.3, -0.25) is 4.90 Å². The van der Waals surface area contributed by atoms with Crippen LogP contribution in [0.15, 0.2) is 18.2 Å². The van der Waals surface area contributed by atoms with Crippen molar-refractivity contribution in [1.29, 1.82) is 5.26 Å². The fourth-order valence-electron chi connectivity index (χ4n) is 2.71. The molecule has 0 saturated carbocycles. The molecule has 0 spiro atoms. The summed E-state index contributed by atoms with van der Waals surface area (Å²) in [6.07, 6.45) is -0.354. The monoisotopic (exact) mass is 277 g/mol. The standard InChI is InChI=1S/C15H20FN3O/c1-11-9-19(7-6-18(11)10-12(2)20)15-5-3-4-14(16)13(15)8-17/h3-5,11-12,20H,6-7,9-10H2,1-2H3/t11-,12-/m0/s1. The molecular weight excluding hydrogens is 257 g/mol. The van der Waals surface area contributed by atoms with Crippen molar-refractivity contribution < 1.29 is 9.50 Å². The van der Waals surface area contributed by atoms with E-state index >= 15 is 0 Å². The number of aliphatic hydroxyl groups excluding tert-OH is 1. The average Bonchev–Trinajstić information content (AvgIpc) is 2.40. The van der Waals surface area contributed by atoms with Gasteiger partial charge in [-0.2, -0.15) is 5.26 Å². The highest BCUT2D eigenvalue weighted by atomic mass is 19.1. The normalized spacial score (nSPS) is 21.6. The maximum atomic E-state index is 13.7. The third-order valence-electron chi connectivity index (χ3n) is 3.71. The van der Waals surface area contributed by atoms with Gasteiger partial charge in [0.1, 0.15) is 17.4 Å². The molecule has 1 aromatic carbocycles. The Morgan fingerprint density at radius 2 is 2.25 bits per heavy atom. The number of hydrogen-bond donors (Lipinski definition) is 1. The molecule has 1 aromatic rings. The quantitative estimate of drug-likeness (QED) is 0.911. The summed E-state index contributed by atoms with van der Waals surface area (Å²) < 4.78 is 13.7. The van der Waals surface area contributed by atoms with Crippen molar-refractivity contribution in [2.75, 3.05) is 31.1 Å². The Kier molecular flexibility index (Phi) is 4.58. The summed E-state index contributed by atoms with van der Waals surface area (Å²) in [5.74, 6) is -0.468. The lowest BCUT2D eigenvalue weighted by atomic mass is 10.1. The van der Waals surface area contributed by atoms with Gasteiger partial charge >= 0.3 is 0 Å². The second-order valence-corrected chi connectivity index (χ2v) is 5.38. The van der Waals surface area contributed by atoms with Crippen LogP contribution >= 0.6 is 0 Å². The highest BCUT2D eigenvalue weighted by molar-refractivity contribution is 5.60. The van der Waals surface area contributed by atoms with E-state index in [1.54, 1.807) is 19.1 Å². The van der Waals surface area contributed by atoms with Gasteiger partial charge in [0.25, 0.3) is 0 Å². The molecule has 0 unspecified atom stereocenters. The Labute approximate surface area is 119 Å². The molecule has 0 bridgehead atoms. The van der Waals surface area contributed by atoms with Crippen molar-refractivity contribution in [2.45, 2.75) is 26.0 Å². The third-order valence-corrected chi connectivity index (χ3v) is 3.71. The van der Waals surface area contributed by atoms with E-state index < -0.39 is 5.82 Å². The minimum atomic E-state index is -0.468. The molecule has 1 aliphatic rings. The van der Waals surface area contributed by atoms with Gasteiger partial charge in [0.2, 0.25) is 0 Å². The summed E-state index contributed by atoms with van der Waals surface area (Å²) in [5, 5.41) is 18.6. The number of nitrogens with zero attached hydrogens (tertiary/aromatic N) is 3. The molecule has 0 radical (unpaired) electrons. The summed E-state index contributed by atoms with van der Waals surface area (Å²) in [6.45, 7) is 6.76. The summed E-state index contributed by atoms with van der Waals surface area (Å²) >= 11 is 0. The van der Waals surface area contributed by atoms with Crippen molar-refractivity contribution in [3.8, 4) is 6.07 Å². The summed E-state index contributed by atoms with van der Waals surface area (Å²) in [5.41, 5.74) is 0.778. The predicted molar refractivity (Wildman–Crippen MR) is 76.0 cm³/mol. The van der Waals surface area contributed by atoms with E-state index in [-0.39, 0.29) is 17.7 Å². The van der Waals surface area contributed by atoms with Crippen LogP contribution in [0.3, 0.4) is 0 Å². The summed E-state index contributed by atoms with van der Waals surface area (Å²) in [6, 6.07) is 6.95. The zero-order valence-electron chi connectivity index (χ0n) is 11.9. The molecule has 4 nitrogen and oxygen atoms in total. The molecule has 0 aliphatic carbocycles. The Hall–Kier alpha value is -1.64. The van der Waals surface area contributed by atoms with Crippen LogP contribution in [0.25, 0.3) is 0 Å². The van der Waals surface area contributed by atoms with E-state index in [9.17, 15) is 9.50 Å². The van der Waals surface area contributed by atoms with Crippen molar-refractivity contribution >= 4 is 5.69 Å². The van der Waals surface area contributed by atoms with Gasteiger partial charge in [-0.25, -0.2) is 4.39 Å². The van der Waals surface area contributed by atoms with Gasteiger partial charge in [0.15, 0.2) is 0 Å². The number of halogens is 1. The first-order valence-electron chi connectivity index (χ1n) is 6.88. The molecule has 0 aromatic heterocycles. The summed E-state index contributed by atoms with van der Waals surface area (Å²) in [7, 11) is 0. The number of anilines is 1. The van der Waals surface area contributed by atoms with Crippen molar-refractivity contribution in [3.63, 3.8) is 0 Å². The van der Waals surface area contributed by atoms with E-state index in [1.165, 1.54) is 6.07 Å². The average molecular weight is 277 g/mol. The van der Waals surface area contributed by atoms with E-state index in [0.29, 0.717) is 12.2 Å². The van der Waals surface area contributed by atoms with Crippen LogP contribution in [-0.2, 0) is 0 Å². The van der Waals surface area contributed by atoms with Gasteiger partial charge < -0.3 is 10.0 Å². The van der Waals surface area contributed by atoms with Gasteiger partial charge in [-0.05, 0) is 26.0 Å². The second-order valence-electron chi connectivity index (χ2n) is 5.38. The molecule has 1 heterocycles. The number of piperazine rings is 1. The molecule has 1 aliphatic heterocycles. The largest absolute Gasteiger partial charge is 0.392 e. The molecule has 2 rings (SSSR count). The van der Waals surface area contributed by atoms with E-state index in [0.717, 1.165) is 19.6 Å². The Bertz CT molecular complexity index is 512. The SMILES string of the molecule is C[C@H](O)CN1CCN(c2cccc(F)c2C#N)C[C@@H]1C. The van der Waals surface area contributed by atoms with Crippen LogP contribution in [0.5, 0.6) is 0 Å². The number of β-amino-alcohol motifs (C(OH)–C–C–N with tert-alkyl or cyclic N) is 1. The van der Waals surface area contributed by atoms with Gasteiger partial charge in [0.05, 0.1) is 11.8 Å². The number of hydrogen-bond acceptors (Lipinski definition) is 4. The number of nitriles is 1. The van der Waals surface area contributed by atoms with Crippen LogP contribution in [0.4, 0.5) is 10.1 Å². The van der Waals surface area contributed by atoms with E-state index in [1.807, 2.05) is 11.0 Å². The number of rotatable bonds is 3. The van der Waals surface area contributed by atoms with Gasteiger partial charge in [-0.15, -0.1) is 0 Å². The molecule has 5 heteroatoms. The van der Waals surface area contributed by atoms with Crippen LogP contribution < -0.4 is 4.90 Å². The van der Waals surface area contributed by atoms with Crippen LogP contribution in [0.2, 0.25) is 0 Å². The van der Waals surface area contributed by atoms with Crippen LogP contribution in [0.1, 0.15) is 19.4 Å². The molecule has 2 atom stereocenters. The first-order valence-corrected chi connectivity index (χ1v) is 6.88. The number of benzene rings is 1. The van der Waals surface area contributed by atoms with E-state index in [2.05, 4.69) is 11.8 Å². The molecule has 1 saturated heterocycles. The smallest absolute Gasteiger partial charge is 0.143 e. The number of aliphatic hydroxyl groups is 1. The first-order chi connectivity index (χ1) is 9.52. The lowest BCUT2D eigenvalue weighted by molar-refractivity contribution is 0.0960. The predicted octanol–water partition coefficient (Wildman–Crippen LogP) is 1.59. The van der Waals surface area contributed by atoms with Crippen molar-refractivity contribution in [1.82, 2.24) is 4.90 Å². The summed E-state index contributed by atoms with van der Waals surface area (Å²) in [4.78, 5) is 4.26. The second kappa shape index (κ2) is 6.21. The minimum absolute atomic E-state index is 0.115. The minimum Gasteiger partial charge on any atom is -0.392 e. The molecular formula is C15H20FN3O. The van der Waals surface area contributed by atoms with Gasteiger partial charge in [-0.1, -0.05) is 6.07 Å². The maximum absolute atomic E-state index is 13.7. The molecule has 1 fully saturated rings. The highest BCUT2D eigenvalue weighted by Gasteiger charge is 2.26. The molecule has 108 valence electrons. The fraction of sp³-hybridized carbons (Fsp3) is 0.533. The topological polar surface area (TPSA) is 50.5 Å².